The predicted octanol–water partition coefficient (Wildman–Crippen LogP) is 0.124. The summed E-state index contributed by atoms with van der Waals surface area (Å²) in [6.07, 6.45) is 1.47. The van der Waals surface area contributed by atoms with Crippen LogP contribution in [0.2, 0.25) is 0 Å². The Hall–Kier alpha value is -2.04. The molecule has 2 rings (SSSR count). The molecule has 0 unspecified atom stereocenters. The number of primary amides is 1. The molecule has 2 N–H and O–H groups in total. The van der Waals surface area contributed by atoms with Crippen LogP contribution in [0, 0.1) is 0 Å². The molecule has 2 aromatic rings. The molecule has 0 saturated heterocycles. The lowest BCUT2D eigenvalue weighted by molar-refractivity contribution is 0.100. The molecule has 0 fully saturated rings. The normalized spacial score (nSPS) is 10.2. The Balaban J connectivity index is 2.83. The van der Waals surface area contributed by atoms with Crippen LogP contribution in [0.1, 0.15) is 10.4 Å². The van der Waals surface area contributed by atoms with E-state index >= 15 is 0 Å². The summed E-state index contributed by atoms with van der Waals surface area (Å²) in [6.45, 7) is 0. The Morgan fingerprint density at radius 2 is 2.23 bits per heavy atom. The van der Waals surface area contributed by atoms with Gasteiger partial charge in [0.1, 0.15) is 0 Å². The maximum absolute atomic E-state index is 11.0. The second-order valence-corrected chi connectivity index (χ2v) is 2.54. The van der Waals surface area contributed by atoms with E-state index in [4.69, 9.17) is 5.73 Å². The highest BCUT2D eigenvalue weighted by molar-refractivity contribution is 6.04. The zero-order valence-corrected chi connectivity index (χ0v) is 6.64. The number of hydrogen-bond acceptors (Lipinski definition) is 4. The fourth-order valence-electron chi connectivity index (χ4n) is 1.15. The van der Waals surface area contributed by atoms with E-state index in [2.05, 4.69) is 15.4 Å². The molecule has 0 radical (unpaired) electrons. The van der Waals surface area contributed by atoms with Gasteiger partial charge in [-0.3, -0.25) is 4.79 Å². The molecule has 1 aromatic heterocycles. The number of hydrogen-bond donors (Lipinski definition) is 1. The van der Waals surface area contributed by atoms with Crippen LogP contribution in [-0.4, -0.2) is 21.3 Å². The first-order chi connectivity index (χ1) is 6.29. The minimum atomic E-state index is -0.486. The minimum absolute atomic E-state index is 0.417. The molecule has 13 heavy (non-hydrogen) atoms. The van der Waals surface area contributed by atoms with E-state index in [1.165, 1.54) is 6.20 Å². The highest BCUT2D eigenvalue weighted by atomic mass is 16.1. The quantitative estimate of drug-likeness (QED) is 0.665. The van der Waals surface area contributed by atoms with Gasteiger partial charge in [-0.25, -0.2) is 0 Å². The lowest BCUT2D eigenvalue weighted by Gasteiger charge is -1.98. The van der Waals surface area contributed by atoms with Gasteiger partial charge >= 0.3 is 0 Å². The standard InChI is InChI=1S/C8H6N4O/c9-8(13)5-2-1-3-7-6(5)4-10-12-11-7/h1-4H,(H2,9,13). The first-order valence-electron chi connectivity index (χ1n) is 3.66. The summed E-state index contributed by atoms with van der Waals surface area (Å²) in [7, 11) is 0. The number of benzene rings is 1. The summed E-state index contributed by atoms with van der Waals surface area (Å²) >= 11 is 0. The number of aromatic nitrogens is 3. The predicted molar refractivity (Wildman–Crippen MR) is 45.9 cm³/mol. The zero-order chi connectivity index (χ0) is 9.26. The molecule has 64 valence electrons. The van der Waals surface area contributed by atoms with E-state index in [-0.39, 0.29) is 0 Å². The van der Waals surface area contributed by atoms with Gasteiger partial charge in [0.05, 0.1) is 17.3 Å². The number of fused-ring (bicyclic) bond motifs is 1. The van der Waals surface area contributed by atoms with Crippen molar-refractivity contribution >= 4 is 16.8 Å². The van der Waals surface area contributed by atoms with Crippen molar-refractivity contribution < 1.29 is 4.79 Å². The van der Waals surface area contributed by atoms with Crippen LogP contribution in [0.4, 0.5) is 0 Å². The highest BCUT2D eigenvalue weighted by Gasteiger charge is 2.06. The van der Waals surface area contributed by atoms with Gasteiger partial charge in [0.2, 0.25) is 5.91 Å². The first kappa shape index (κ1) is 7.60. The summed E-state index contributed by atoms with van der Waals surface area (Å²) < 4.78 is 0. The molecule has 0 atom stereocenters. The average molecular weight is 174 g/mol. The van der Waals surface area contributed by atoms with Crippen molar-refractivity contribution in [2.75, 3.05) is 0 Å². The zero-order valence-electron chi connectivity index (χ0n) is 6.64. The summed E-state index contributed by atoms with van der Waals surface area (Å²) in [5.74, 6) is -0.486. The number of carbonyl (C=O) groups is 1. The van der Waals surface area contributed by atoms with Crippen molar-refractivity contribution in [2.24, 2.45) is 5.73 Å². The Bertz CT molecular complexity index is 463. The summed E-state index contributed by atoms with van der Waals surface area (Å²) in [5, 5.41) is 11.4. The van der Waals surface area contributed by atoms with Gasteiger partial charge in [-0.2, -0.15) is 0 Å². The molecule has 0 aliphatic rings. The second-order valence-electron chi connectivity index (χ2n) is 2.54. The van der Waals surface area contributed by atoms with Gasteiger partial charge in [0, 0.05) is 5.39 Å². The van der Waals surface area contributed by atoms with Crippen LogP contribution >= 0.6 is 0 Å². The van der Waals surface area contributed by atoms with E-state index in [1.807, 2.05) is 0 Å². The number of rotatable bonds is 1. The van der Waals surface area contributed by atoms with Crippen molar-refractivity contribution in [3.05, 3.63) is 30.0 Å². The third-order valence-electron chi connectivity index (χ3n) is 1.74. The van der Waals surface area contributed by atoms with Crippen LogP contribution in [0.25, 0.3) is 10.9 Å². The minimum Gasteiger partial charge on any atom is -0.366 e. The van der Waals surface area contributed by atoms with Gasteiger partial charge in [0.25, 0.3) is 0 Å². The third kappa shape index (κ3) is 1.20. The molecule has 1 heterocycles. The lowest BCUT2D eigenvalue weighted by atomic mass is 10.1. The molecule has 0 aliphatic heterocycles. The topological polar surface area (TPSA) is 81.8 Å². The number of amides is 1. The largest absolute Gasteiger partial charge is 0.366 e. The van der Waals surface area contributed by atoms with Crippen molar-refractivity contribution in [1.29, 1.82) is 0 Å². The molecule has 0 aliphatic carbocycles. The lowest BCUT2D eigenvalue weighted by Crippen LogP contribution is -2.11. The van der Waals surface area contributed by atoms with Gasteiger partial charge in [0.15, 0.2) is 0 Å². The Labute approximate surface area is 73.6 Å². The molecule has 0 bridgehead atoms. The Kier molecular flexibility index (Phi) is 1.63. The average Bonchev–Trinajstić information content (AvgIpc) is 2.17. The number of carbonyl (C=O) groups excluding carboxylic acids is 1. The van der Waals surface area contributed by atoms with Gasteiger partial charge in [-0.1, -0.05) is 6.07 Å². The second kappa shape index (κ2) is 2.78. The van der Waals surface area contributed by atoms with Crippen LogP contribution in [-0.2, 0) is 0 Å². The van der Waals surface area contributed by atoms with Crippen molar-refractivity contribution in [2.45, 2.75) is 0 Å². The summed E-state index contributed by atoms with van der Waals surface area (Å²) in [4.78, 5) is 11.0. The summed E-state index contributed by atoms with van der Waals surface area (Å²) in [5.41, 5.74) is 6.20. The molecule has 5 nitrogen and oxygen atoms in total. The van der Waals surface area contributed by atoms with Crippen molar-refractivity contribution in [3.8, 4) is 0 Å². The molecule has 0 spiro atoms. The SMILES string of the molecule is NC(=O)c1cccc2nnncc12. The van der Waals surface area contributed by atoms with Gasteiger partial charge in [-0.05, 0) is 17.3 Å². The van der Waals surface area contributed by atoms with Crippen LogP contribution in [0.3, 0.4) is 0 Å². The smallest absolute Gasteiger partial charge is 0.249 e. The highest BCUT2D eigenvalue weighted by Crippen LogP contribution is 2.13. The molecule has 5 heteroatoms. The van der Waals surface area contributed by atoms with Crippen molar-refractivity contribution in [1.82, 2.24) is 15.4 Å². The van der Waals surface area contributed by atoms with E-state index in [1.54, 1.807) is 18.2 Å². The van der Waals surface area contributed by atoms with E-state index in [9.17, 15) is 4.79 Å². The Morgan fingerprint density at radius 1 is 1.38 bits per heavy atom. The van der Waals surface area contributed by atoms with Crippen LogP contribution in [0.15, 0.2) is 24.4 Å². The van der Waals surface area contributed by atoms with E-state index in [0.29, 0.717) is 16.5 Å². The molecule has 1 aromatic carbocycles. The van der Waals surface area contributed by atoms with E-state index < -0.39 is 5.91 Å². The van der Waals surface area contributed by atoms with Crippen molar-refractivity contribution in [3.63, 3.8) is 0 Å². The van der Waals surface area contributed by atoms with E-state index in [0.717, 1.165) is 0 Å². The monoisotopic (exact) mass is 174 g/mol. The molecule has 1 amide bonds. The van der Waals surface area contributed by atoms with Gasteiger partial charge in [-0.15, -0.1) is 10.2 Å². The van der Waals surface area contributed by atoms with Crippen LogP contribution < -0.4 is 5.73 Å². The molecular formula is C8H6N4O. The maximum Gasteiger partial charge on any atom is 0.249 e. The number of nitrogens with zero attached hydrogens (tertiary/aromatic N) is 3. The third-order valence-corrected chi connectivity index (χ3v) is 1.74. The summed E-state index contributed by atoms with van der Waals surface area (Å²) in [6, 6.07) is 5.08. The molecule has 0 saturated carbocycles. The maximum atomic E-state index is 11.0. The fraction of sp³-hybridized carbons (Fsp3) is 0. The van der Waals surface area contributed by atoms with Crippen LogP contribution in [0.5, 0.6) is 0 Å². The van der Waals surface area contributed by atoms with Gasteiger partial charge < -0.3 is 5.73 Å². The first-order valence-corrected chi connectivity index (χ1v) is 3.66. The Morgan fingerprint density at radius 3 is 3.00 bits per heavy atom. The fourth-order valence-corrected chi connectivity index (χ4v) is 1.15. The number of nitrogens with two attached hydrogens (primary N) is 1. The molecular weight excluding hydrogens is 168 g/mol.